The number of likely N-dealkylation sites (N-methyl/N-ethyl adjacent to an activating group) is 1. The Hall–Kier alpha value is -0.610. The van der Waals surface area contributed by atoms with E-state index in [0.29, 0.717) is 6.42 Å². The molecule has 4 heteroatoms. The summed E-state index contributed by atoms with van der Waals surface area (Å²) in [7, 11) is 0. The van der Waals surface area contributed by atoms with Gasteiger partial charge in [0.1, 0.15) is 0 Å². The van der Waals surface area contributed by atoms with E-state index in [2.05, 4.69) is 43.2 Å². The molecule has 0 aliphatic carbocycles. The molecule has 1 amide bonds. The van der Waals surface area contributed by atoms with Crippen LogP contribution in [0.4, 0.5) is 0 Å². The Morgan fingerprint density at radius 3 is 2.18 bits per heavy atom. The van der Waals surface area contributed by atoms with Gasteiger partial charge in [0.15, 0.2) is 0 Å². The molecule has 0 saturated carbocycles. The zero-order chi connectivity index (χ0) is 13.3. The second kappa shape index (κ2) is 9.42. The van der Waals surface area contributed by atoms with Crippen LogP contribution in [0.2, 0.25) is 0 Å². The SMILES string of the molecule is CCNC(C)CC(=O)NC(C)CN(CC)CC. The van der Waals surface area contributed by atoms with Crippen molar-refractivity contribution in [2.75, 3.05) is 26.2 Å². The zero-order valence-electron chi connectivity index (χ0n) is 12.0. The first-order valence-corrected chi connectivity index (χ1v) is 6.78. The number of carbonyl (C=O) groups excluding carboxylic acids is 1. The molecule has 0 aromatic carbocycles. The monoisotopic (exact) mass is 243 g/mol. The van der Waals surface area contributed by atoms with E-state index in [1.807, 2.05) is 6.92 Å². The van der Waals surface area contributed by atoms with E-state index < -0.39 is 0 Å². The summed E-state index contributed by atoms with van der Waals surface area (Å²) >= 11 is 0. The van der Waals surface area contributed by atoms with Crippen LogP contribution in [0.3, 0.4) is 0 Å². The van der Waals surface area contributed by atoms with Gasteiger partial charge in [0.05, 0.1) is 0 Å². The maximum Gasteiger partial charge on any atom is 0.221 e. The lowest BCUT2D eigenvalue weighted by Gasteiger charge is -2.24. The van der Waals surface area contributed by atoms with Crippen LogP contribution in [-0.2, 0) is 4.79 Å². The molecular weight excluding hydrogens is 214 g/mol. The molecule has 0 aliphatic rings. The van der Waals surface area contributed by atoms with Gasteiger partial charge in [-0.05, 0) is 33.5 Å². The van der Waals surface area contributed by atoms with Gasteiger partial charge in [0.25, 0.3) is 0 Å². The normalized spacial score (nSPS) is 14.7. The van der Waals surface area contributed by atoms with E-state index in [9.17, 15) is 4.79 Å². The van der Waals surface area contributed by atoms with Crippen molar-refractivity contribution < 1.29 is 4.79 Å². The molecule has 4 nitrogen and oxygen atoms in total. The van der Waals surface area contributed by atoms with Crippen LogP contribution in [0.25, 0.3) is 0 Å². The second-order valence-corrected chi connectivity index (χ2v) is 4.62. The van der Waals surface area contributed by atoms with Gasteiger partial charge in [-0.15, -0.1) is 0 Å². The number of hydrogen-bond acceptors (Lipinski definition) is 3. The zero-order valence-corrected chi connectivity index (χ0v) is 12.0. The summed E-state index contributed by atoms with van der Waals surface area (Å²) in [6, 6.07) is 0.469. The molecule has 2 N–H and O–H groups in total. The van der Waals surface area contributed by atoms with Crippen LogP contribution >= 0.6 is 0 Å². The van der Waals surface area contributed by atoms with E-state index in [0.717, 1.165) is 26.2 Å². The number of rotatable bonds is 9. The fourth-order valence-corrected chi connectivity index (χ4v) is 1.95. The maximum atomic E-state index is 11.7. The molecule has 0 rings (SSSR count). The smallest absolute Gasteiger partial charge is 0.221 e. The molecule has 0 spiro atoms. The highest BCUT2D eigenvalue weighted by Crippen LogP contribution is 1.95. The highest BCUT2D eigenvalue weighted by atomic mass is 16.1. The number of amides is 1. The number of carbonyl (C=O) groups is 1. The molecule has 0 radical (unpaired) electrons. The molecule has 0 aromatic heterocycles. The third kappa shape index (κ3) is 8.16. The van der Waals surface area contributed by atoms with Crippen molar-refractivity contribution in [3.05, 3.63) is 0 Å². The van der Waals surface area contributed by atoms with Crippen LogP contribution < -0.4 is 10.6 Å². The van der Waals surface area contributed by atoms with Crippen molar-refractivity contribution in [3.63, 3.8) is 0 Å². The van der Waals surface area contributed by atoms with Crippen molar-refractivity contribution in [1.82, 2.24) is 15.5 Å². The molecule has 0 heterocycles. The molecule has 0 aliphatic heterocycles. The molecule has 0 aromatic rings. The van der Waals surface area contributed by atoms with E-state index in [1.165, 1.54) is 0 Å². The number of nitrogens with one attached hydrogen (secondary N) is 2. The molecule has 2 unspecified atom stereocenters. The van der Waals surface area contributed by atoms with Gasteiger partial charge >= 0.3 is 0 Å². The molecular formula is C13H29N3O. The van der Waals surface area contributed by atoms with Crippen LogP contribution in [0, 0.1) is 0 Å². The summed E-state index contributed by atoms with van der Waals surface area (Å²) in [4.78, 5) is 14.0. The van der Waals surface area contributed by atoms with Gasteiger partial charge < -0.3 is 15.5 Å². The molecule has 0 bridgehead atoms. The Morgan fingerprint density at radius 1 is 1.12 bits per heavy atom. The molecule has 0 saturated heterocycles. The summed E-state index contributed by atoms with van der Waals surface area (Å²) in [5, 5.41) is 6.29. The van der Waals surface area contributed by atoms with Gasteiger partial charge in [-0.3, -0.25) is 4.79 Å². The Kier molecular flexibility index (Phi) is 9.09. The van der Waals surface area contributed by atoms with Crippen molar-refractivity contribution in [2.24, 2.45) is 0 Å². The lowest BCUT2D eigenvalue weighted by atomic mass is 10.2. The standard InChI is InChI=1S/C13H29N3O/c1-6-14-11(4)9-13(17)15-12(5)10-16(7-2)8-3/h11-12,14H,6-10H2,1-5H3,(H,15,17). The van der Waals surface area contributed by atoms with Crippen LogP contribution in [0.5, 0.6) is 0 Å². The van der Waals surface area contributed by atoms with Gasteiger partial charge in [0, 0.05) is 25.0 Å². The third-order valence-corrected chi connectivity index (χ3v) is 2.88. The summed E-state index contributed by atoms with van der Waals surface area (Å²) in [6.07, 6.45) is 0.552. The van der Waals surface area contributed by atoms with Gasteiger partial charge in [-0.2, -0.15) is 0 Å². The average molecular weight is 243 g/mol. The van der Waals surface area contributed by atoms with E-state index >= 15 is 0 Å². The van der Waals surface area contributed by atoms with Crippen LogP contribution in [0.15, 0.2) is 0 Å². The second-order valence-electron chi connectivity index (χ2n) is 4.62. The minimum absolute atomic E-state index is 0.137. The van der Waals surface area contributed by atoms with Gasteiger partial charge in [0.2, 0.25) is 5.91 Å². The maximum absolute atomic E-state index is 11.7. The summed E-state index contributed by atoms with van der Waals surface area (Å²) in [5.74, 6) is 0.137. The number of nitrogens with zero attached hydrogens (tertiary/aromatic N) is 1. The third-order valence-electron chi connectivity index (χ3n) is 2.88. The predicted octanol–water partition coefficient (Wildman–Crippen LogP) is 1.22. The van der Waals surface area contributed by atoms with Gasteiger partial charge in [-0.1, -0.05) is 20.8 Å². The lowest BCUT2D eigenvalue weighted by Crippen LogP contribution is -2.43. The average Bonchev–Trinajstić information content (AvgIpc) is 2.25. The van der Waals surface area contributed by atoms with Gasteiger partial charge in [-0.25, -0.2) is 0 Å². The van der Waals surface area contributed by atoms with Crippen LogP contribution in [-0.4, -0.2) is 49.1 Å². The Bertz CT molecular complexity index is 205. The summed E-state index contributed by atoms with van der Waals surface area (Å²) < 4.78 is 0. The Morgan fingerprint density at radius 2 is 1.71 bits per heavy atom. The topological polar surface area (TPSA) is 44.4 Å². The molecule has 0 fully saturated rings. The summed E-state index contributed by atoms with van der Waals surface area (Å²) in [6.45, 7) is 14.3. The quantitative estimate of drug-likeness (QED) is 0.640. The van der Waals surface area contributed by atoms with E-state index in [-0.39, 0.29) is 18.0 Å². The minimum atomic E-state index is 0.137. The Balaban J connectivity index is 3.86. The Labute approximate surface area is 106 Å². The van der Waals surface area contributed by atoms with Crippen molar-refractivity contribution >= 4 is 5.91 Å². The molecule has 17 heavy (non-hydrogen) atoms. The largest absolute Gasteiger partial charge is 0.352 e. The molecule has 2 atom stereocenters. The van der Waals surface area contributed by atoms with E-state index in [1.54, 1.807) is 0 Å². The van der Waals surface area contributed by atoms with Crippen molar-refractivity contribution in [3.8, 4) is 0 Å². The fourth-order valence-electron chi connectivity index (χ4n) is 1.95. The minimum Gasteiger partial charge on any atom is -0.352 e. The number of hydrogen-bond donors (Lipinski definition) is 2. The summed E-state index contributed by atoms with van der Waals surface area (Å²) in [5.41, 5.74) is 0. The lowest BCUT2D eigenvalue weighted by molar-refractivity contribution is -0.122. The first-order chi connectivity index (χ1) is 8.03. The van der Waals surface area contributed by atoms with Crippen molar-refractivity contribution in [1.29, 1.82) is 0 Å². The van der Waals surface area contributed by atoms with Crippen LogP contribution in [0.1, 0.15) is 41.0 Å². The first kappa shape index (κ1) is 16.4. The highest BCUT2D eigenvalue weighted by Gasteiger charge is 2.12. The molecule has 102 valence electrons. The first-order valence-electron chi connectivity index (χ1n) is 6.78. The van der Waals surface area contributed by atoms with Crippen molar-refractivity contribution in [2.45, 2.75) is 53.1 Å². The van der Waals surface area contributed by atoms with E-state index in [4.69, 9.17) is 0 Å². The fraction of sp³-hybridized carbons (Fsp3) is 0.923. The highest BCUT2D eigenvalue weighted by molar-refractivity contribution is 5.76. The predicted molar refractivity (Wildman–Crippen MR) is 73.1 cm³/mol.